The van der Waals surface area contributed by atoms with E-state index in [-0.39, 0.29) is 44.7 Å². The minimum absolute atomic E-state index is 0. The Kier molecular flexibility index (Phi) is 108. The summed E-state index contributed by atoms with van der Waals surface area (Å²) in [5.74, 6) is 0. The van der Waals surface area contributed by atoms with Crippen LogP contribution in [0.1, 0.15) is 0 Å². The van der Waals surface area contributed by atoms with Crippen molar-refractivity contribution in [2.75, 3.05) is 12.5 Å². The normalized spacial score (nSPS) is 4.50. The molecule has 0 radical (unpaired) electrons. The van der Waals surface area contributed by atoms with Crippen molar-refractivity contribution in [1.29, 1.82) is 0 Å². The molecule has 0 atom stereocenters. The molecule has 8 heavy (non-hydrogen) atoms. The van der Waals surface area contributed by atoms with Crippen LogP contribution >= 0.6 is 0 Å². The second-order valence-electron chi connectivity index (χ2n) is 0.986. The maximum atomic E-state index is 3.67. The second kappa shape index (κ2) is 24.3. The first-order valence-electron chi connectivity index (χ1n) is 1.11. The van der Waals surface area contributed by atoms with Gasteiger partial charge in [0.25, 0.3) is 0 Å². The molecule has 0 N–H and O–H groups in total. The van der Waals surface area contributed by atoms with Crippen LogP contribution in [0.4, 0.5) is 0 Å². The molecule has 0 saturated carbocycles. The molecule has 0 aromatic heterocycles. The van der Waals surface area contributed by atoms with Gasteiger partial charge in [-0.15, -0.1) is 6.26 Å². The molecule has 0 fully saturated rings. The first kappa shape index (κ1) is 35.6. The molecule has 0 aliphatic rings. The molecule has 58 valence electrons. The second-order valence-corrected chi connectivity index (χ2v) is 2.96. The SMILES string of the molecule is [Au+3].[CH2-][S+](C)C.[CH3-].[CH3-].[CH3-]. The Morgan fingerprint density at radius 2 is 1.00 bits per heavy atom. The van der Waals surface area contributed by atoms with Crippen LogP contribution in [-0.2, 0) is 33.3 Å². The third-order valence-electron chi connectivity index (χ3n) is 0. The van der Waals surface area contributed by atoms with Crippen LogP contribution in [0.3, 0.4) is 0 Å². The van der Waals surface area contributed by atoms with E-state index in [0.29, 0.717) is 10.9 Å². The van der Waals surface area contributed by atoms with E-state index in [1.807, 2.05) is 0 Å². The van der Waals surface area contributed by atoms with Crippen LogP contribution in [0.2, 0.25) is 0 Å². The van der Waals surface area contributed by atoms with Crippen LogP contribution in [0.25, 0.3) is 0 Å². The minimum atomic E-state index is 0. The van der Waals surface area contributed by atoms with E-state index >= 15 is 0 Å². The molecule has 0 saturated heterocycles. The van der Waals surface area contributed by atoms with Crippen molar-refractivity contribution in [3.8, 4) is 0 Å². The van der Waals surface area contributed by atoms with Gasteiger partial charge in [0.1, 0.15) is 0 Å². The molecular formula is C6H17AuS. The van der Waals surface area contributed by atoms with Crippen LogP contribution in [0, 0.1) is 28.5 Å². The molecule has 0 unspecified atom stereocenters. The summed E-state index contributed by atoms with van der Waals surface area (Å²) < 4.78 is 0. The Bertz CT molecular complexity index is 13.2. The van der Waals surface area contributed by atoms with Crippen LogP contribution in [0.5, 0.6) is 0 Å². The Labute approximate surface area is 74.3 Å². The Balaban J connectivity index is -0.00000000750. The molecule has 0 aliphatic heterocycles. The molecule has 0 amide bonds. The van der Waals surface area contributed by atoms with Crippen molar-refractivity contribution in [3.05, 3.63) is 28.5 Å². The Morgan fingerprint density at radius 3 is 1.00 bits per heavy atom. The van der Waals surface area contributed by atoms with E-state index in [1.165, 1.54) is 0 Å². The van der Waals surface area contributed by atoms with Gasteiger partial charge in [-0.1, -0.05) is 0 Å². The molecular weight excluding hydrogens is 301 g/mol. The summed E-state index contributed by atoms with van der Waals surface area (Å²) in [5, 5.41) is 0. The van der Waals surface area contributed by atoms with E-state index in [1.54, 1.807) is 0 Å². The van der Waals surface area contributed by atoms with Crippen molar-refractivity contribution >= 4 is 10.9 Å². The van der Waals surface area contributed by atoms with Crippen LogP contribution < -0.4 is 0 Å². The molecule has 0 aliphatic carbocycles. The summed E-state index contributed by atoms with van der Waals surface area (Å²) in [6.07, 6.45) is 7.83. The van der Waals surface area contributed by atoms with Gasteiger partial charge >= 0.3 is 22.4 Å². The Morgan fingerprint density at radius 1 is 1.00 bits per heavy atom. The van der Waals surface area contributed by atoms with Gasteiger partial charge in [0, 0.05) is 0 Å². The topological polar surface area (TPSA) is 0 Å². The maximum Gasteiger partial charge on any atom is 3.00 e. The van der Waals surface area contributed by atoms with E-state index in [4.69, 9.17) is 0 Å². The summed E-state index contributed by atoms with van der Waals surface area (Å²) in [4.78, 5) is 0. The summed E-state index contributed by atoms with van der Waals surface area (Å²) >= 11 is 0. The van der Waals surface area contributed by atoms with Gasteiger partial charge in [0.05, 0.1) is 12.5 Å². The predicted molar refractivity (Wildman–Crippen MR) is 43.8 cm³/mol. The first-order chi connectivity index (χ1) is 1.73. The van der Waals surface area contributed by atoms with Gasteiger partial charge in [-0.25, -0.2) is 0 Å². The van der Waals surface area contributed by atoms with Crippen molar-refractivity contribution in [2.45, 2.75) is 0 Å². The molecule has 2 heteroatoms. The predicted octanol–water partition coefficient (Wildman–Crippen LogP) is 2.00. The summed E-state index contributed by atoms with van der Waals surface area (Å²) in [5.41, 5.74) is 0. The molecule has 0 rings (SSSR count). The van der Waals surface area contributed by atoms with Gasteiger partial charge in [-0.05, 0) is 0 Å². The number of rotatable bonds is 0. The summed E-state index contributed by atoms with van der Waals surface area (Å²) in [6.45, 7) is 0. The van der Waals surface area contributed by atoms with Crippen LogP contribution in [-0.4, -0.2) is 12.5 Å². The van der Waals surface area contributed by atoms with Crippen molar-refractivity contribution < 1.29 is 22.4 Å². The standard InChI is InChI=1S/C3H8S.3CH3.Au/c1-4(2)3;;;;/h1H2,2-3H3;3*1H3;/q;3*-1;+3. The fraction of sp³-hybridized carbons (Fsp3) is 0.333. The minimum Gasteiger partial charge on any atom is -0.358 e. The third kappa shape index (κ3) is 221. The molecule has 0 aromatic carbocycles. The van der Waals surface area contributed by atoms with Crippen molar-refractivity contribution in [2.24, 2.45) is 0 Å². The Hall–Kier alpha value is 1.09. The average molecular weight is 318 g/mol. The molecule has 0 bridgehead atoms. The van der Waals surface area contributed by atoms with Gasteiger partial charge in [0.2, 0.25) is 0 Å². The van der Waals surface area contributed by atoms with E-state index in [9.17, 15) is 0 Å². The largest absolute Gasteiger partial charge is 3.00 e. The molecule has 0 nitrogen and oxygen atoms in total. The van der Waals surface area contributed by atoms with Crippen molar-refractivity contribution in [1.82, 2.24) is 0 Å². The first-order valence-corrected chi connectivity index (χ1v) is 3.32. The number of hydrogen-bond acceptors (Lipinski definition) is 0. The van der Waals surface area contributed by atoms with Crippen LogP contribution in [0.15, 0.2) is 0 Å². The zero-order valence-electron chi connectivity index (χ0n) is 6.42. The molecule has 0 heterocycles. The summed E-state index contributed by atoms with van der Waals surface area (Å²) in [6, 6.07) is 0. The van der Waals surface area contributed by atoms with Crippen molar-refractivity contribution in [3.63, 3.8) is 0 Å². The van der Waals surface area contributed by atoms with E-state index in [2.05, 4.69) is 18.8 Å². The molecule has 0 aromatic rings. The average Bonchev–Trinajstić information content (AvgIpc) is 0.811. The van der Waals surface area contributed by atoms with E-state index in [0.717, 1.165) is 0 Å². The van der Waals surface area contributed by atoms with Gasteiger partial charge < -0.3 is 22.3 Å². The third-order valence-corrected chi connectivity index (χ3v) is 0. The van der Waals surface area contributed by atoms with Gasteiger partial charge in [-0.2, -0.15) is 10.9 Å². The van der Waals surface area contributed by atoms with E-state index < -0.39 is 0 Å². The van der Waals surface area contributed by atoms with Gasteiger partial charge in [-0.3, -0.25) is 0 Å². The smallest absolute Gasteiger partial charge is 0.358 e. The van der Waals surface area contributed by atoms with Gasteiger partial charge in [0.15, 0.2) is 0 Å². The molecule has 0 spiro atoms. The number of hydrogen-bond donors (Lipinski definition) is 0. The fourth-order valence-electron chi connectivity index (χ4n) is 0. The summed E-state index contributed by atoms with van der Waals surface area (Å²) in [7, 11) is 0.389. The zero-order chi connectivity index (χ0) is 3.58. The fourth-order valence-corrected chi connectivity index (χ4v) is 0. The quantitative estimate of drug-likeness (QED) is 0.364. The maximum absolute atomic E-state index is 3.67. The monoisotopic (exact) mass is 318 g/mol. The zero-order valence-corrected chi connectivity index (χ0v) is 9.40.